The molecule has 0 unspecified atom stereocenters. The van der Waals surface area contributed by atoms with Crippen LogP contribution in [-0.4, -0.2) is 14.7 Å². The molecule has 0 atom stereocenters. The number of nitrogens with two attached hydrogens (primary N) is 1. The zero-order valence-electron chi connectivity index (χ0n) is 7.92. The topological polar surface area (TPSA) is 72.2 Å². The van der Waals surface area contributed by atoms with Crippen LogP contribution in [0.15, 0.2) is 17.0 Å². The minimum Gasteiger partial charge on any atom is -0.271 e. The maximum Gasteiger partial charge on any atom is 0.181 e. The van der Waals surface area contributed by atoms with E-state index in [9.17, 15) is 17.2 Å². The number of halogens is 2. The Morgan fingerprint density at radius 1 is 1.33 bits per heavy atom. The highest BCUT2D eigenvalue weighted by molar-refractivity contribution is 7.90. The van der Waals surface area contributed by atoms with E-state index in [-0.39, 0.29) is 12.1 Å². The van der Waals surface area contributed by atoms with Gasteiger partial charge in [0.2, 0.25) is 0 Å². The summed E-state index contributed by atoms with van der Waals surface area (Å²) in [5, 5.41) is 0. The normalized spacial score (nSPS) is 11.7. The van der Waals surface area contributed by atoms with E-state index in [1.54, 1.807) is 0 Å². The first-order chi connectivity index (χ1) is 6.86. The molecule has 0 saturated heterocycles. The Kier molecular flexibility index (Phi) is 3.38. The van der Waals surface area contributed by atoms with E-state index in [4.69, 9.17) is 5.84 Å². The lowest BCUT2D eigenvalue weighted by atomic mass is 10.2. The fourth-order valence-corrected chi connectivity index (χ4v) is 2.01. The summed E-state index contributed by atoms with van der Waals surface area (Å²) in [6.45, 7) is 0.0535. The summed E-state index contributed by atoms with van der Waals surface area (Å²) in [6, 6.07) is 1.86. The summed E-state index contributed by atoms with van der Waals surface area (Å²) in [6.07, 6.45) is 0.745. The third-order valence-corrected chi connectivity index (χ3v) is 2.87. The summed E-state index contributed by atoms with van der Waals surface area (Å²) in [5.74, 6) is 2.75. The second-order valence-electron chi connectivity index (χ2n) is 3.04. The highest BCUT2D eigenvalue weighted by atomic mass is 32.2. The minimum atomic E-state index is -3.90. The van der Waals surface area contributed by atoms with E-state index in [0.29, 0.717) is 0 Å². The zero-order valence-corrected chi connectivity index (χ0v) is 8.74. The van der Waals surface area contributed by atoms with Gasteiger partial charge in [0.05, 0.1) is 0 Å². The highest BCUT2D eigenvalue weighted by Crippen LogP contribution is 2.20. The van der Waals surface area contributed by atoms with Crippen molar-refractivity contribution in [2.24, 2.45) is 5.84 Å². The maximum atomic E-state index is 13.2. The van der Waals surface area contributed by atoms with Crippen LogP contribution in [0.5, 0.6) is 0 Å². The molecule has 1 aromatic carbocycles. The third kappa shape index (κ3) is 2.71. The Balaban J connectivity index is 3.34. The largest absolute Gasteiger partial charge is 0.271 e. The van der Waals surface area contributed by atoms with Crippen LogP contribution in [-0.2, 0) is 16.4 Å². The molecule has 0 aliphatic heterocycles. The molecule has 3 N–H and O–H groups in total. The molecular weight excluding hydrogens is 226 g/mol. The average Bonchev–Trinajstić information content (AvgIpc) is 1.99. The van der Waals surface area contributed by atoms with Crippen molar-refractivity contribution in [3.63, 3.8) is 0 Å². The summed E-state index contributed by atoms with van der Waals surface area (Å²) < 4.78 is 48.5. The van der Waals surface area contributed by atoms with Crippen LogP contribution in [0.3, 0.4) is 0 Å². The smallest absolute Gasteiger partial charge is 0.181 e. The van der Waals surface area contributed by atoms with Gasteiger partial charge in [-0.1, -0.05) is 0 Å². The molecule has 4 nitrogen and oxygen atoms in total. The molecular formula is C8H10F2N2O2S. The van der Waals surface area contributed by atoms with Gasteiger partial charge in [-0.3, -0.25) is 11.3 Å². The van der Waals surface area contributed by atoms with Gasteiger partial charge in [0, 0.05) is 12.8 Å². The third-order valence-electron chi connectivity index (χ3n) is 1.74. The van der Waals surface area contributed by atoms with Crippen molar-refractivity contribution in [3.05, 3.63) is 29.3 Å². The molecule has 0 amide bonds. The summed E-state index contributed by atoms with van der Waals surface area (Å²) in [7, 11) is -3.90. The van der Waals surface area contributed by atoms with Crippen molar-refractivity contribution in [2.75, 3.05) is 6.26 Å². The van der Waals surface area contributed by atoms with Gasteiger partial charge in [0.15, 0.2) is 9.84 Å². The lowest BCUT2D eigenvalue weighted by Crippen LogP contribution is -2.21. The van der Waals surface area contributed by atoms with E-state index in [0.717, 1.165) is 18.4 Å². The molecule has 1 aromatic rings. The molecule has 0 aliphatic carbocycles. The van der Waals surface area contributed by atoms with E-state index in [1.165, 1.54) is 0 Å². The van der Waals surface area contributed by atoms with Gasteiger partial charge in [-0.15, -0.1) is 0 Å². The molecule has 0 spiro atoms. The number of hydrazine groups is 1. The minimum absolute atomic E-state index is 0.0535. The van der Waals surface area contributed by atoms with Crippen LogP contribution < -0.4 is 11.3 Å². The number of hydrogen-bond acceptors (Lipinski definition) is 4. The van der Waals surface area contributed by atoms with Gasteiger partial charge >= 0.3 is 0 Å². The second-order valence-corrected chi connectivity index (χ2v) is 4.99. The fourth-order valence-electron chi connectivity index (χ4n) is 1.19. The Hall–Kier alpha value is -1.05. The fraction of sp³-hybridized carbons (Fsp3) is 0.250. The first-order valence-corrected chi connectivity index (χ1v) is 5.87. The summed E-state index contributed by atoms with van der Waals surface area (Å²) >= 11 is 0. The summed E-state index contributed by atoms with van der Waals surface area (Å²) in [4.78, 5) is -0.914. The molecule has 1 rings (SSSR count). The molecule has 0 heterocycles. The Morgan fingerprint density at radius 2 is 1.80 bits per heavy atom. The number of benzene rings is 1. The zero-order chi connectivity index (χ0) is 11.6. The van der Waals surface area contributed by atoms with Crippen LogP contribution in [0, 0.1) is 11.6 Å². The molecule has 84 valence electrons. The first-order valence-electron chi connectivity index (χ1n) is 3.97. The van der Waals surface area contributed by atoms with Crippen molar-refractivity contribution in [1.29, 1.82) is 0 Å². The molecule has 0 aromatic heterocycles. The number of rotatable bonds is 3. The van der Waals surface area contributed by atoms with Gasteiger partial charge in [-0.05, 0) is 17.7 Å². The van der Waals surface area contributed by atoms with Crippen molar-refractivity contribution in [1.82, 2.24) is 5.43 Å². The maximum absolute atomic E-state index is 13.2. The monoisotopic (exact) mass is 236 g/mol. The second kappa shape index (κ2) is 4.21. The van der Waals surface area contributed by atoms with E-state index >= 15 is 0 Å². The van der Waals surface area contributed by atoms with Crippen LogP contribution in [0.1, 0.15) is 5.56 Å². The van der Waals surface area contributed by atoms with Gasteiger partial charge < -0.3 is 0 Å². The van der Waals surface area contributed by atoms with Crippen LogP contribution in [0.25, 0.3) is 0 Å². The quantitative estimate of drug-likeness (QED) is 0.586. The van der Waals surface area contributed by atoms with Crippen molar-refractivity contribution in [2.45, 2.75) is 11.4 Å². The van der Waals surface area contributed by atoms with E-state index < -0.39 is 26.4 Å². The molecule has 7 heteroatoms. The van der Waals surface area contributed by atoms with Gasteiger partial charge in [0.25, 0.3) is 0 Å². The summed E-state index contributed by atoms with van der Waals surface area (Å²) in [5.41, 5.74) is 2.45. The van der Waals surface area contributed by atoms with E-state index in [2.05, 4.69) is 5.43 Å². The lowest BCUT2D eigenvalue weighted by molar-refractivity contribution is 0.517. The molecule has 0 bridgehead atoms. The number of nitrogens with one attached hydrogen (secondary N) is 1. The number of sulfone groups is 1. The van der Waals surface area contributed by atoms with Gasteiger partial charge in [-0.2, -0.15) is 0 Å². The van der Waals surface area contributed by atoms with Gasteiger partial charge in [-0.25, -0.2) is 17.2 Å². The lowest BCUT2D eigenvalue weighted by Gasteiger charge is -2.05. The molecule has 0 radical (unpaired) electrons. The highest BCUT2D eigenvalue weighted by Gasteiger charge is 2.20. The van der Waals surface area contributed by atoms with Crippen molar-refractivity contribution >= 4 is 9.84 Å². The average molecular weight is 236 g/mol. The molecule has 15 heavy (non-hydrogen) atoms. The van der Waals surface area contributed by atoms with Crippen molar-refractivity contribution in [3.8, 4) is 0 Å². The number of hydrogen-bond donors (Lipinski definition) is 2. The predicted molar refractivity (Wildman–Crippen MR) is 50.5 cm³/mol. The van der Waals surface area contributed by atoms with Crippen LogP contribution >= 0.6 is 0 Å². The van der Waals surface area contributed by atoms with Crippen molar-refractivity contribution < 1.29 is 17.2 Å². The molecule has 0 aliphatic rings. The Labute approximate surface area is 86.0 Å². The van der Waals surface area contributed by atoms with Gasteiger partial charge in [0.1, 0.15) is 16.5 Å². The van der Waals surface area contributed by atoms with E-state index in [1.807, 2.05) is 0 Å². The predicted octanol–water partition coefficient (Wildman–Crippen LogP) is 0.332. The molecule has 0 saturated carbocycles. The SMILES string of the molecule is CS(=O)(=O)c1c(F)cc(CNN)cc1F. The Bertz CT molecular complexity index is 451. The first kappa shape index (κ1) is 12.0. The standard InChI is InChI=1S/C8H10F2N2O2S/c1-15(13,14)8-6(9)2-5(4-12-11)3-7(8)10/h2-3,12H,4,11H2,1H3. The van der Waals surface area contributed by atoms with Crippen LogP contribution in [0.2, 0.25) is 0 Å². The Morgan fingerprint density at radius 3 is 2.13 bits per heavy atom. The molecule has 0 fully saturated rings. The van der Waals surface area contributed by atoms with Crippen LogP contribution in [0.4, 0.5) is 8.78 Å².